The van der Waals surface area contributed by atoms with Crippen molar-refractivity contribution in [2.45, 2.75) is 32.7 Å². The van der Waals surface area contributed by atoms with Crippen LogP contribution in [0.2, 0.25) is 0 Å². The minimum absolute atomic E-state index is 0. The number of aliphatic imine (C=N–C) groups is 1. The van der Waals surface area contributed by atoms with E-state index in [0.717, 1.165) is 42.2 Å². The lowest BCUT2D eigenvalue weighted by atomic mass is 9.95. The number of likely N-dealkylation sites (tertiary alicyclic amines) is 1. The second-order valence-electron chi connectivity index (χ2n) is 5.50. The highest BCUT2D eigenvalue weighted by Crippen LogP contribution is 2.23. The molecule has 3 N–H and O–H groups in total. The Morgan fingerprint density at radius 1 is 1.57 bits per heavy atom. The quantitative estimate of drug-likeness (QED) is 0.360. The van der Waals surface area contributed by atoms with Crippen molar-refractivity contribution in [3.63, 3.8) is 0 Å². The van der Waals surface area contributed by atoms with Crippen LogP contribution in [-0.2, 0) is 11.3 Å². The standard InChI is InChI=1S/C15H23BrN4OS.HI/c1-2-18-15(19-9-12-5-6-13(16)22-12)20-7-3-4-11(10-20)8-14(17)21;/h5-6,11H,2-4,7-10H2,1H3,(H2,17,21)(H,18,19);1H. The normalized spacial score (nSPS) is 18.4. The van der Waals surface area contributed by atoms with Gasteiger partial charge in [0, 0.05) is 30.9 Å². The smallest absolute Gasteiger partial charge is 0.217 e. The number of nitrogens with two attached hydrogens (primary N) is 1. The fraction of sp³-hybridized carbons (Fsp3) is 0.600. The largest absolute Gasteiger partial charge is 0.370 e. The molecule has 2 rings (SSSR count). The van der Waals surface area contributed by atoms with Crippen molar-refractivity contribution >= 4 is 63.1 Å². The Morgan fingerprint density at radius 3 is 2.96 bits per heavy atom. The van der Waals surface area contributed by atoms with Gasteiger partial charge in [0.1, 0.15) is 0 Å². The van der Waals surface area contributed by atoms with E-state index in [9.17, 15) is 4.79 Å². The molecule has 1 aliphatic heterocycles. The van der Waals surface area contributed by atoms with Gasteiger partial charge in [-0.05, 0) is 53.7 Å². The summed E-state index contributed by atoms with van der Waals surface area (Å²) in [4.78, 5) is 19.4. The molecule has 0 saturated carbocycles. The van der Waals surface area contributed by atoms with Crippen molar-refractivity contribution in [3.05, 3.63) is 20.8 Å². The fourth-order valence-electron chi connectivity index (χ4n) is 2.72. The van der Waals surface area contributed by atoms with Gasteiger partial charge in [-0.15, -0.1) is 35.3 Å². The fourth-order valence-corrected chi connectivity index (χ4v) is 4.13. The third kappa shape index (κ3) is 6.96. The molecule has 1 aromatic heterocycles. The van der Waals surface area contributed by atoms with Gasteiger partial charge in [0.25, 0.3) is 0 Å². The summed E-state index contributed by atoms with van der Waals surface area (Å²) in [5.74, 6) is 1.06. The third-order valence-electron chi connectivity index (χ3n) is 3.66. The third-order valence-corrected chi connectivity index (χ3v) is 5.27. The van der Waals surface area contributed by atoms with Crippen LogP contribution >= 0.6 is 51.2 Å². The predicted molar refractivity (Wildman–Crippen MR) is 110 cm³/mol. The van der Waals surface area contributed by atoms with E-state index in [2.05, 4.69) is 39.1 Å². The Balaban J connectivity index is 0.00000264. The topological polar surface area (TPSA) is 70.7 Å². The molecule has 23 heavy (non-hydrogen) atoms. The predicted octanol–water partition coefficient (Wildman–Crippen LogP) is 3.18. The van der Waals surface area contributed by atoms with Crippen LogP contribution in [0.1, 0.15) is 31.1 Å². The number of rotatable bonds is 5. The average molecular weight is 515 g/mol. The molecule has 1 aliphatic rings. The first-order valence-electron chi connectivity index (χ1n) is 7.64. The molecule has 1 aromatic rings. The molecule has 0 bridgehead atoms. The summed E-state index contributed by atoms with van der Waals surface area (Å²) in [6.45, 7) is 5.42. The Labute approximate surface area is 167 Å². The Bertz CT molecular complexity index is 537. The minimum atomic E-state index is -0.211. The Kier molecular flexibility index (Phi) is 9.45. The Morgan fingerprint density at radius 2 is 2.35 bits per heavy atom. The van der Waals surface area contributed by atoms with E-state index >= 15 is 0 Å². The van der Waals surface area contributed by atoms with Gasteiger partial charge in [-0.3, -0.25) is 4.79 Å². The molecule has 0 spiro atoms. The molecule has 1 saturated heterocycles. The van der Waals surface area contributed by atoms with Crippen LogP contribution in [0.5, 0.6) is 0 Å². The van der Waals surface area contributed by atoms with E-state index in [1.807, 2.05) is 6.07 Å². The molecular formula is C15H24BrIN4OS. The highest BCUT2D eigenvalue weighted by molar-refractivity contribution is 14.0. The maximum atomic E-state index is 11.1. The van der Waals surface area contributed by atoms with E-state index in [4.69, 9.17) is 10.7 Å². The van der Waals surface area contributed by atoms with Crippen LogP contribution < -0.4 is 11.1 Å². The molecule has 130 valence electrons. The zero-order valence-electron chi connectivity index (χ0n) is 13.3. The van der Waals surface area contributed by atoms with Gasteiger partial charge in [0.2, 0.25) is 5.91 Å². The molecule has 5 nitrogen and oxygen atoms in total. The van der Waals surface area contributed by atoms with Gasteiger partial charge in [0.05, 0.1) is 10.3 Å². The summed E-state index contributed by atoms with van der Waals surface area (Å²) >= 11 is 5.18. The van der Waals surface area contributed by atoms with Gasteiger partial charge in [-0.2, -0.15) is 0 Å². The lowest BCUT2D eigenvalue weighted by Gasteiger charge is -2.34. The van der Waals surface area contributed by atoms with Crippen LogP contribution in [0, 0.1) is 5.92 Å². The molecule has 0 aliphatic carbocycles. The highest BCUT2D eigenvalue weighted by atomic mass is 127. The molecule has 1 amide bonds. The molecule has 1 fully saturated rings. The van der Waals surface area contributed by atoms with Gasteiger partial charge in [-0.25, -0.2) is 4.99 Å². The van der Waals surface area contributed by atoms with Crippen molar-refractivity contribution in [1.82, 2.24) is 10.2 Å². The summed E-state index contributed by atoms with van der Waals surface area (Å²) < 4.78 is 1.13. The maximum absolute atomic E-state index is 11.1. The highest BCUT2D eigenvalue weighted by Gasteiger charge is 2.23. The first-order valence-corrected chi connectivity index (χ1v) is 9.25. The van der Waals surface area contributed by atoms with Crippen LogP contribution in [0.15, 0.2) is 20.9 Å². The number of nitrogens with zero attached hydrogens (tertiary/aromatic N) is 2. The van der Waals surface area contributed by atoms with Crippen LogP contribution in [-0.4, -0.2) is 36.4 Å². The van der Waals surface area contributed by atoms with E-state index in [-0.39, 0.29) is 29.9 Å². The molecule has 1 unspecified atom stereocenters. The first kappa shape index (κ1) is 20.7. The molecule has 0 aromatic carbocycles. The monoisotopic (exact) mass is 514 g/mol. The van der Waals surface area contributed by atoms with Crippen LogP contribution in [0.4, 0.5) is 0 Å². The van der Waals surface area contributed by atoms with Gasteiger partial charge in [-0.1, -0.05) is 0 Å². The van der Waals surface area contributed by atoms with Crippen molar-refractivity contribution in [3.8, 4) is 0 Å². The number of halogens is 2. The number of hydrogen-bond donors (Lipinski definition) is 2. The SMILES string of the molecule is CCNC(=NCc1ccc(Br)s1)N1CCCC(CC(N)=O)C1.I. The van der Waals surface area contributed by atoms with E-state index in [0.29, 0.717) is 18.9 Å². The number of carbonyl (C=O) groups is 1. The average Bonchev–Trinajstić information content (AvgIpc) is 2.88. The van der Waals surface area contributed by atoms with E-state index < -0.39 is 0 Å². The number of hydrogen-bond acceptors (Lipinski definition) is 3. The molecule has 2 heterocycles. The van der Waals surface area contributed by atoms with Gasteiger partial charge < -0.3 is 16.0 Å². The summed E-state index contributed by atoms with van der Waals surface area (Å²) in [6, 6.07) is 4.14. The zero-order valence-corrected chi connectivity index (χ0v) is 18.0. The summed E-state index contributed by atoms with van der Waals surface area (Å²) in [5, 5.41) is 3.36. The van der Waals surface area contributed by atoms with Crippen LogP contribution in [0.3, 0.4) is 0 Å². The number of primary amides is 1. The molecule has 1 atom stereocenters. The number of nitrogens with one attached hydrogen (secondary N) is 1. The molecule has 0 radical (unpaired) electrons. The number of amides is 1. The lowest BCUT2D eigenvalue weighted by molar-refractivity contribution is -0.119. The zero-order chi connectivity index (χ0) is 15.9. The van der Waals surface area contributed by atoms with Gasteiger partial charge >= 0.3 is 0 Å². The van der Waals surface area contributed by atoms with Crippen molar-refractivity contribution in [2.75, 3.05) is 19.6 Å². The summed E-state index contributed by atoms with van der Waals surface area (Å²) in [7, 11) is 0. The van der Waals surface area contributed by atoms with Crippen molar-refractivity contribution in [2.24, 2.45) is 16.6 Å². The lowest BCUT2D eigenvalue weighted by Crippen LogP contribution is -2.47. The first-order chi connectivity index (χ1) is 10.6. The second kappa shape index (κ2) is 10.5. The van der Waals surface area contributed by atoms with Crippen molar-refractivity contribution in [1.29, 1.82) is 0 Å². The van der Waals surface area contributed by atoms with Gasteiger partial charge in [0.15, 0.2) is 5.96 Å². The summed E-state index contributed by atoms with van der Waals surface area (Å²) in [6.07, 6.45) is 2.61. The Hall–Kier alpha value is -0.350. The number of guanidine groups is 1. The molecular weight excluding hydrogens is 491 g/mol. The number of carbonyl (C=O) groups excluding carboxylic acids is 1. The van der Waals surface area contributed by atoms with Crippen molar-refractivity contribution < 1.29 is 4.79 Å². The number of thiophene rings is 1. The van der Waals surface area contributed by atoms with E-state index in [1.165, 1.54) is 4.88 Å². The van der Waals surface area contributed by atoms with E-state index in [1.54, 1.807) is 11.3 Å². The second-order valence-corrected chi connectivity index (χ2v) is 8.05. The minimum Gasteiger partial charge on any atom is -0.370 e. The molecule has 8 heteroatoms. The maximum Gasteiger partial charge on any atom is 0.217 e. The number of piperidine rings is 1. The summed E-state index contributed by atoms with van der Waals surface area (Å²) in [5.41, 5.74) is 5.33. The van der Waals surface area contributed by atoms with Crippen LogP contribution in [0.25, 0.3) is 0 Å².